The zero-order valence-electron chi connectivity index (χ0n) is 7.92. The highest BCUT2D eigenvalue weighted by atomic mass is 16.2. The zero-order chi connectivity index (χ0) is 10.2. The lowest BCUT2D eigenvalue weighted by molar-refractivity contribution is -0.135. The number of urea groups is 1. The summed E-state index contributed by atoms with van der Waals surface area (Å²) in [5.41, 5.74) is 4.64. The highest BCUT2D eigenvalue weighted by Crippen LogP contribution is 2.21. The summed E-state index contributed by atoms with van der Waals surface area (Å²) in [6, 6.07) is -1.12. The van der Waals surface area contributed by atoms with Crippen molar-refractivity contribution in [2.24, 2.45) is 11.3 Å². The normalized spacial score (nSPS) is 24.6. The Morgan fingerprint density at radius 1 is 1.38 bits per heavy atom. The van der Waals surface area contributed by atoms with Gasteiger partial charge in [0.25, 0.3) is 5.91 Å². The van der Waals surface area contributed by atoms with Gasteiger partial charge in [-0.15, -0.1) is 0 Å². The average molecular weight is 186 g/mol. The number of nitrogens with one attached hydrogen (secondary N) is 2. The molecule has 0 radical (unpaired) electrons. The van der Waals surface area contributed by atoms with Crippen LogP contribution in [0.4, 0.5) is 4.79 Å². The quantitative estimate of drug-likeness (QED) is 0.346. The monoisotopic (exact) mass is 186 g/mol. The first-order chi connectivity index (χ1) is 5.84. The van der Waals surface area contributed by atoms with E-state index in [1.165, 1.54) is 0 Å². The van der Waals surface area contributed by atoms with Gasteiger partial charge in [0.15, 0.2) is 0 Å². The Morgan fingerprint density at radius 3 is 2.38 bits per heavy atom. The molecule has 1 aliphatic heterocycles. The van der Waals surface area contributed by atoms with E-state index in [0.717, 1.165) is 0 Å². The molecule has 74 valence electrons. The minimum atomic E-state index is -0.634. The average Bonchev–Trinajstić information content (AvgIpc) is 1.98. The van der Waals surface area contributed by atoms with E-state index in [0.29, 0.717) is 5.01 Å². The molecule has 0 saturated carbocycles. The number of amides is 3. The molecule has 3 amide bonds. The van der Waals surface area contributed by atoms with Gasteiger partial charge in [-0.2, -0.15) is 5.01 Å². The van der Waals surface area contributed by atoms with Crippen molar-refractivity contribution in [3.63, 3.8) is 0 Å². The van der Waals surface area contributed by atoms with Crippen LogP contribution in [-0.2, 0) is 4.79 Å². The minimum absolute atomic E-state index is 0.289. The molecule has 13 heavy (non-hydrogen) atoms. The summed E-state index contributed by atoms with van der Waals surface area (Å²) in [4.78, 5) is 22.3. The third-order valence-corrected chi connectivity index (χ3v) is 1.89. The molecule has 4 N–H and O–H groups in total. The fraction of sp³-hybridized carbons (Fsp3) is 0.714. The molecular formula is C7H14N4O2. The fourth-order valence-electron chi connectivity index (χ4n) is 1.08. The van der Waals surface area contributed by atoms with Crippen LogP contribution in [0.25, 0.3) is 0 Å². The Labute approximate surface area is 76.4 Å². The van der Waals surface area contributed by atoms with Crippen LogP contribution in [0, 0.1) is 5.41 Å². The van der Waals surface area contributed by atoms with Crippen LogP contribution >= 0.6 is 0 Å². The van der Waals surface area contributed by atoms with Crippen LogP contribution < -0.4 is 16.7 Å². The molecule has 1 fully saturated rings. The van der Waals surface area contributed by atoms with Crippen LogP contribution in [0.15, 0.2) is 0 Å². The number of nitrogens with two attached hydrogens (primary N) is 1. The van der Waals surface area contributed by atoms with Crippen LogP contribution in [-0.4, -0.2) is 23.0 Å². The molecule has 0 bridgehead atoms. The summed E-state index contributed by atoms with van der Waals surface area (Å²) in [5.74, 6) is 4.82. The maximum absolute atomic E-state index is 11.5. The topological polar surface area (TPSA) is 87.5 Å². The van der Waals surface area contributed by atoms with Gasteiger partial charge in [0.1, 0.15) is 6.04 Å². The van der Waals surface area contributed by atoms with Crippen molar-refractivity contribution in [2.75, 3.05) is 0 Å². The van der Waals surface area contributed by atoms with Crippen LogP contribution in [0.1, 0.15) is 20.8 Å². The van der Waals surface area contributed by atoms with Gasteiger partial charge in [0, 0.05) is 0 Å². The molecule has 0 aliphatic carbocycles. The number of hydrogen-bond donors (Lipinski definition) is 3. The highest BCUT2D eigenvalue weighted by molar-refractivity contribution is 5.98. The Hall–Kier alpha value is -1.14. The van der Waals surface area contributed by atoms with Gasteiger partial charge in [-0.3, -0.25) is 10.2 Å². The van der Waals surface area contributed by atoms with Crippen LogP contribution in [0.2, 0.25) is 0 Å². The smallest absolute Gasteiger partial charge is 0.271 e. The molecule has 1 atom stereocenters. The van der Waals surface area contributed by atoms with Gasteiger partial charge in [0.2, 0.25) is 0 Å². The molecule has 1 heterocycles. The van der Waals surface area contributed by atoms with Crippen molar-refractivity contribution in [1.29, 1.82) is 0 Å². The number of carbonyl (C=O) groups is 2. The van der Waals surface area contributed by atoms with Gasteiger partial charge in [-0.05, 0) is 5.41 Å². The van der Waals surface area contributed by atoms with Crippen LogP contribution in [0.3, 0.4) is 0 Å². The first kappa shape index (κ1) is 9.94. The standard InChI is InChI=1S/C7H14N4O2/c1-7(2,3)4-5(12)11(8)6(13)10-9-4/h4,9H,8H2,1-3H3,(H,10,13). The SMILES string of the molecule is CC(C)(C)C1NNC(=O)N(N)C1=O. The molecule has 0 aromatic rings. The van der Waals surface area contributed by atoms with E-state index < -0.39 is 18.0 Å². The van der Waals surface area contributed by atoms with E-state index in [1.807, 2.05) is 20.8 Å². The second-order valence-corrected chi connectivity index (χ2v) is 4.08. The van der Waals surface area contributed by atoms with Crippen LogP contribution in [0.5, 0.6) is 0 Å². The molecular weight excluding hydrogens is 172 g/mol. The molecule has 0 spiro atoms. The minimum Gasteiger partial charge on any atom is -0.271 e. The van der Waals surface area contributed by atoms with Gasteiger partial charge >= 0.3 is 6.03 Å². The Morgan fingerprint density at radius 2 is 1.92 bits per heavy atom. The molecule has 1 rings (SSSR count). The Kier molecular flexibility index (Phi) is 2.27. The summed E-state index contributed by atoms with van der Waals surface area (Å²) in [6.07, 6.45) is 0. The van der Waals surface area contributed by atoms with Crippen molar-refractivity contribution in [1.82, 2.24) is 15.9 Å². The number of hydrogen-bond acceptors (Lipinski definition) is 4. The van der Waals surface area contributed by atoms with Gasteiger partial charge in [-0.1, -0.05) is 20.8 Å². The van der Waals surface area contributed by atoms with Gasteiger partial charge in [0.05, 0.1) is 0 Å². The highest BCUT2D eigenvalue weighted by Gasteiger charge is 2.39. The summed E-state index contributed by atoms with van der Waals surface area (Å²) in [6.45, 7) is 5.65. The Balaban J connectivity index is 2.82. The van der Waals surface area contributed by atoms with Crippen molar-refractivity contribution in [2.45, 2.75) is 26.8 Å². The lowest BCUT2D eigenvalue weighted by Crippen LogP contribution is -2.69. The van der Waals surface area contributed by atoms with E-state index >= 15 is 0 Å². The third-order valence-electron chi connectivity index (χ3n) is 1.89. The molecule has 0 aromatic heterocycles. The maximum Gasteiger partial charge on any atom is 0.353 e. The van der Waals surface area contributed by atoms with Crippen molar-refractivity contribution >= 4 is 11.9 Å². The van der Waals surface area contributed by atoms with E-state index in [1.54, 1.807) is 0 Å². The lowest BCUT2D eigenvalue weighted by Gasteiger charge is -2.36. The number of rotatable bonds is 0. The van der Waals surface area contributed by atoms with E-state index in [9.17, 15) is 9.59 Å². The maximum atomic E-state index is 11.5. The molecule has 1 saturated heterocycles. The van der Waals surface area contributed by atoms with Gasteiger partial charge in [-0.25, -0.2) is 16.1 Å². The summed E-state index contributed by atoms with van der Waals surface area (Å²) in [5, 5.41) is 0.590. The van der Waals surface area contributed by atoms with Crippen molar-refractivity contribution < 1.29 is 9.59 Å². The summed E-state index contributed by atoms with van der Waals surface area (Å²) in [7, 11) is 0. The number of imide groups is 1. The fourth-order valence-corrected chi connectivity index (χ4v) is 1.08. The number of carbonyl (C=O) groups excluding carboxylic acids is 2. The zero-order valence-corrected chi connectivity index (χ0v) is 7.92. The van der Waals surface area contributed by atoms with E-state index in [4.69, 9.17) is 5.84 Å². The first-order valence-electron chi connectivity index (χ1n) is 3.98. The Bertz CT molecular complexity index is 245. The second-order valence-electron chi connectivity index (χ2n) is 4.08. The molecule has 1 aliphatic rings. The van der Waals surface area contributed by atoms with E-state index in [-0.39, 0.29) is 5.41 Å². The number of nitrogens with zero attached hydrogens (tertiary/aromatic N) is 1. The molecule has 1 unspecified atom stereocenters. The predicted octanol–water partition coefficient (Wildman–Crippen LogP) is -0.669. The second kappa shape index (κ2) is 2.97. The number of hydrazine groups is 2. The van der Waals surface area contributed by atoms with Crippen molar-refractivity contribution in [3.8, 4) is 0 Å². The largest absolute Gasteiger partial charge is 0.353 e. The molecule has 6 heteroatoms. The van der Waals surface area contributed by atoms with Gasteiger partial charge < -0.3 is 0 Å². The molecule has 0 aromatic carbocycles. The summed E-state index contributed by atoms with van der Waals surface area (Å²) >= 11 is 0. The third kappa shape index (κ3) is 1.78. The first-order valence-corrected chi connectivity index (χ1v) is 3.98. The lowest BCUT2D eigenvalue weighted by atomic mass is 9.86. The van der Waals surface area contributed by atoms with Crippen molar-refractivity contribution in [3.05, 3.63) is 0 Å². The summed E-state index contributed by atoms with van der Waals surface area (Å²) < 4.78 is 0. The molecule has 6 nitrogen and oxygen atoms in total. The van der Waals surface area contributed by atoms with E-state index in [2.05, 4.69) is 10.9 Å². The predicted molar refractivity (Wildman–Crippen MR) is 45.9 cm³/mol.